The molecule has 1 nitrogen and oxygen atoms in total. The second kappa shape index (κ2) is 5.42. The van der Waals surface area contributed by atoms with Gasteiger partial charge in [0, 0.05) is 17.1 Å². The summed E-state index contributed by atoms with van der Waals surface area (Å²) in [7, 11) is 0. The van der Waals surface area contributed by atoms with Crippen molar-refractivity contribution in [2.75, 3.05) is 0 Å². The van der Waals surface area contributed by atoms with Gasteiger partial charge in [0.05, 0.1) is 5.69 Å². The third kappa shape index (κ3) is 2.20. The lowest BCUT2D eigenvalue weighted by Crippen LogP contribution is -1.87. The van der Waals surface area contributed by atoms with Crippen molar-refractivity contribution in [3.8, 4) is 11.3 Å². The zero-order valence-corrected chi connectivity index (χ0v) is 14.0. The molecule has 0 aliphatic heterocycles. The maximum absolute atomic E-state index is 4.66. The van der Waals surface area contributed by atoms with E-state index in [1.807, 2.05) is 12.3 Å². The van der Waals surface area contributed by atoms with Crippen molar-refractivity contribution in [2.24, 2.45) is 0 Å². The third-order valence-corrected chi connectivity index (χ3v) is 4.96. The van der Waals surface area contributed by atoms with E-state index in [-0.39, 0.29) is 0 Å². The number of aromatic nitrogens is 1. The number of pyridine rings is 1. The van der Waals surface area contributed by atoms with Crippen molar-refractivity contribution < 1.29 is 0 Å². The molecule has 0 bridgehead atoms. The Kier molecular flexibility index (Phi) is 3.07. The Balaban J connectivity index is 1.89. The molecule has 4 aromatic carbocycles. The molecule has 0 saturated heterocycles. The molecule has 5 rings (SSSR count). The van der Waals surface area contributed by atoms with E-state index in [1.165, 1.54) is 37.9 Å². The summed E-state index contributed by atoms with van der Waals surface area (Å²) in [5.41, 5.74) is 3.50. The average Bonchev–Trinajstić information content (AvgIpc) is 2.67. The van der Waals surface area contributed by atoms with E-state index in [4.69, 9.17) is 0 Å². The van der Waals surface area contributed by atoms with Crippen LogP contribution in [0, 0.1) is 6.92 Å². The number of hydrogen-bond donors (Lipinski definition) is 0. The Morgan fingerprint density at radius 2 is 1.28 bits per heavy atom. The van der Waals surface area contributed by atoms with E-state index < -0.39 is 0 Å². The topological polar surface area (TPSA) is 12.9 Å². The molecule has 25 heavy (non-hydrogen) atoms. The number of nitrogens with zero attached hydrogens (tertiary/aromatic N) is 1. The zero-order valence-electron chi connectivity index (χ0n) is 14.0. The Hall–Kier alpha value is -3.19. The fraction of sp³-hybridized carbons (Fsp3) is 0.0417. The fourth-order valence-corrected chi connectivity index (χ4v) is 3.76. The van der Waals surface area contributed by atoms with Crippen LogP contribution in [0.15, 0.2) is 85.1 Å². The van der Waals surface area contributed by atoms with Gasteiger partial charge in [-0.2, -0.15) is 0 Å². The first-order chi connectivity index (χ1) is 12.3. The summed E-state index contributed by atoms with van der Waals surface area (Å²) in [4.78, 5) is 4.66. The van der Waals surface area contributed by atoms with Crippen LogP contribution in [-0.2, 0) is 0 Å². The summed E-state index contributed by atoms with van der Waals surface area (Å²) in [6.07, 6.45) is 1.92. The van der Waals surface area contributed by atoms with Crippen molar-refractivity contribution in [1.82, 2.24) is 4.98 Å². The summed E-state index contributed by atoms with van der Waals surface area (Å²) >= 11 is 0. The Bertz CT molecular complexity index is 1240. The largest absolute Gasteiger partial charge is 0.256 e. The molecule has 5 aromatic rings. The first kappa shape index (κ1) is 14.2. The normalized spacial score (nSPS) is 11.4. The molecule has 0 atom stereocenters. The van der Waals surface area contributed by atoms with Crippen LogP contribution in [0.4, 0.5) is 0 Å². The smallest absolute Gasteiger partial charge is 0.0780 e. The van der Waals surface area contributed by atoms with Crippen molar-refractivity contribution in [3.63, 3.8) is 0 Å². The summed E-state index contributed by atoms with van der Waals surface area (Å²) in [6.45, 7) is 2.14. The second-order valence-electron chi connectivity index (χ2n) is 6.57. The molecule has 0 N–H and O–H groups in total. The summed E-state index contributed by atoms with van der Waals surface area (Å²) < 4.78 is 0. The number of fused-ring (bicyclic) bond motifs is 5. The zero-order chi connectivity index (χ0) is 16.8. The van der Waals surface area contributed by atoms with Crippen LogP contribution in [0.3, 0.4) is 0 Å². The molecule has 1 heteroatoms. The van der Waals surface area contributed by atoms with Gasteiger partial charge in [-0.05, 0) is 39.9 Å². The number of benzene rings is 4. The summed E-state index contributed by atoms with van der Waals surface area (Å²) in [5.74, 6) is 0. The fourth-order valence-electron chi connectivity index (χ4n) is 3.76. The molecule has 1 aromatic heterocycles. The molecule has 0 unspecified atom stereocenters. The minimum Gasteiger partial charge on any atom is -0.256 e. The van der Waals surface area contributed by atoms with Gasteiger partial charge in [-0.15, -0.1) is 0 Å². The highest BCUT2D eigenvalue weighted by Gasteiger charge is 2.09. The Labute approximate surface area is 146 Å². The molecule has 0 spiro atoms. The number of hydrogen-bond acceptors (Lipinski definition) is 1. The summed E-state index contributed by atoms with van der Waals surface area (Å²) in [6, 6.07) is 28.1. The van der Waals surface area contributed by atoms with Gasteiger partial charge in [-0.25, -0.2) is 0 Å². The Morgan fingerprint density at radius 1 is 0.600 bits per heavy atom. The minimum absolute atomic E-state index is 1.05. The molecule has 0 aliphatic rings. The van der Waals surface area contributed by atoms with Gasteiger partial charge in [0.1, 0.15) is 0 Å². The van der Waals surface area contributed by atoms with Crippen LogP contribution in [0.2, 0.25) is 0 Å². The molecular weight excluding hydrogens is 302 g/mol. The van der Waals surface area contributed by atoms with E-state index in [0.717, 1.165) is 11.3 Å². The van der Waals surface area contributed by atoms with Gasteiger partial charge >= 0.3 is 0 Å². The maximum Gasteiger partial charge on any atom is 0.0780 e. The third-order valence-electron chi connectivity index (χ3n) is 4.96. The SMILES string of the molecule is Cc1ccc2c(ccc3c4ccnc(-c5ccccc5)c4ccc23)c1. The van der Waals surface area contributed by atoms with Gasteiger partial charge in [-0.1, -0.05) is 78.4 Å². The summed E-state index contributed by atoms with van der Waals surface area (Å²) in [5, 5.41) is 7.65. The van der Waals surface area contributed by atoms with Crippen molar-refractivity contribution in [3.05, 3.63) is 90.6 Å². The second-order valence-corrected chi connectivity index (χ2v) is 6.57. The predicted octanol–water partition coefficient (Wildman–Crippen LogP) is 6.52. The van der Waals surface area contributed by atoms with Crippen LogP contribution < -0.4 is 0 Å². The van der Waals surface area contributed by atoms with E-state index in [0.29, 0.717) is 0 Å². The Morgan fingerprint density at radius 3 is 2.16 bits per heavy atom. The van der Waals surface area contributed by atoms with Crippen molar-refractivity contribution in [1.29, 1.82) is 0 Å². The molecular formula is C24H17N. The molecule has 1 heterocycles. The van der Waals surface area contributed by atoms with E-state index in [9.17, 15) is 0 Å². The van der Waals surface area contributed by atoms with Gasteiger partial charge in [0.2, 0.25) is 0 Å². The van der Waals surface area contributed by atoms with Gasteiger partial charge in [0.25, 0.3) is 0 Å². The van der Waals surface area contributed by atoms with Crippen LogP contribution in [0.25, 0.3) is 43.6 Å². The van der Waals surface area contributed by atoms with Gasteiger partial charge < -0.3 is 0 Å². The van der Waals surface area contributed by atoms with E-state index in [2.05, 4.69) is 84.7 Å². The predicted molar refractivity (Wildman–Crippen MR) is 107 cm³/mol. The average molecular weight is 319 g/mol. The maximum atomic E-state index is 4.66. The van der Waals surface area contributed by atoms with E-state index >= 15 is 0 Å². The lowest BCUT2D eigenvalue weighted by molar-refractivity contribution is 1.36. The highest BCUT2D eigenvalue weighted by Crippen LogP contribution is 2.34. The standard InChI is InChI=1S/C24H17N/c1-16-7-9-19-18(15-16)8-10-21-20(19)11-12-23-22(21)13-14-25-24(23)17-5-3-2-4-6-17/h2-15H,1H3. The lowest BCUT2D eigenvalue weighted by atomic mass is 9.95. The lowest BCUT2D eigenvalue weighted by Gasteiger charge is -2.11. The van der Waals surface area contributed by atoms with Crippen molar-refractivity contribution in [2.45, 2.75) is 6.92 Å². The van der Waals surface area contributed by atoms with Gasteiger partial charge in [-0.3, -0.25) is 4.98 Å². The monoisotopic (exact) mass is 319 g/mol. The minimum atomic E-state index is 1.05. The van der Waals surface area contributed by atoms with Crippen LogP contribution >= 0.6 is 0 Å². The molecule has 0 amide bonds. The van der Waals surface area contributed by atoms with Crippen molar-refractivity contribution >= 4 is 32.3 Å². The highest BCUT2D eigenvalue weighted by molar-refractivity contribution is 6.18. The van der Waals surface area contributed by atoms with Crippen LogP contribution in [0.1, 0.15) is 5.56 Å². The molecule has 118 valence electrons. The first-order valence-corrected chi connectivity index (χ1v) is 8.57. The van der Waals surface area contributed by atoms with Crippen LogP contribution in [-0.4, -0.2) is 4.98 Å². The quantitative estimate of drug-likeness (QED) is 0.321. The van der Waals surface area contributed by atoms with Gasteiger partial charge in [0.15, 0.2) is 0 Å². The highest BCUT2D eigenvalue weighted by atomic mass is 14.7. The molecule has 0 aliphatic carbocycles. The first-order valence-electron chi connectivity index (χ1n) is 8.57. The molecule has 0 radical (unpaired) electrons. The van der Waals surface area contributed by atoms with Crippen LogP contribution in [0.5, 0.6) is 0 Å². The number of rotatable bonds is 1. The molecule has 0 saturated carbocycles. The molecule has 0 fully saturated rings. The number of aryl methyl sites for hydroxylation is 1. The van der Waals surface area contributed by atoms with E-state index in [1.54, 1.807) is 0 Å².